The molecule has 1 unspecified atom stereocenters. The molecule has 0 amide bonds. The Balaban J connectivity index is 1.87. The van der Waals surface area contributed by atoms with Gasteiger partial charge in [-0.15, -0.1) is 0 Å². The number of pyridine rings is 1. The van der Waals surface area contributed by atoms with Crippen molar-refractivity contribution in [3.8, 4) is 0 Å². The Morgan fingerprint density at radius 2 is 2.32 bits per heavy atom. The molecule has 5 heteroatoms. The second-order valence-electron chi connectivity index (χ2n) is 4.98. The van der Waals surface area contributed by atoms with Crippen molar-refractivity contribution in [1.82, 2.24) is 4.98 Å². The van der Waals surface area contributed by atoms with E-state index in [4.69, 9.17) is 10.5 Å². The molecular formula is C14H17N3O2. The first-order valence-corrected chi connectivity index (χ1v) is 6.35. The Labute approximate surface area is 111 Å². The lowest BCUT2D eigenvalue weighted by atomic mass is 10.0. The lowest BCUT2D eigenvalue weighted by Gasteiger charge is -2.22. The van der Waals surface area contributed by atoms with Gasteiger partial charge in [-0.1, -0.05) is 0 Å². The molecule has 0 bridgehead atoms. The molecule has 1 saturated heterocycles. The Kier molecular flexibility index (Phi) is 3.00. The molecule has 0 aliphatic carbocycles. The second kappa shape index (κ2) is 4.68. The molecule has 100 valence electrons. The zero-order chi connectivity index (χ0) is 13.3. The average molecular weight is 259 g/mol. The van der Waals surface area contributed by atoms with Gasteiger partial charge < -0.3 is 20.9 Å². The number of ether oxygens (including phenoxy) is 1. The van der Waals surface area contributed by atoms with Crippen LogP contribution in [0.15, 0.2) is 30.5 Å². The summed E-state index contributed by atoms with van der Waals surface area (Å²) in [5.41, 5.74) is 7.55. The third-order valence-corrected chi connectivity index (χ3v) is 3.49. The van der Waals surface area contributed by atoms with Gasteiger partial charge in [-0.05, 0) is 24.3 Å². The van der Waals surface area contributed by atoms with Crippen LogP contribution in [0.5, 0.6) is 0 Å². The molecule has 19 heavy (non-hydrogen) atoms. The van der Waals surface area contributed by atoms with Crippen molar-refractivity contribution in [1.29, 1.82) is 0 Å². The lowest BCUT2D eigenvalue weighted by molar-refractivity contribution is 0.0382. The number of nitrogen functional groups attached to an aromatic ring is 1. The van der Waals surface area contributed by atoms with Crippen molar-refractivity contribution in [2.45, 2.75) is 12.0 Å². The molecule has 1 aromatic heterocycles. The zero-order valence-electron chi connectivity index (χ0n) is 10.6. The van der Waals surface area contributed by atoms with Crippen molar-refractivity contribution in [3.05, 3.63) is 30.5 Å². The van der Waals surface area contributed by atoms with Crippen LogP contribution in [0.1, 0.15) is 6.42 Å². The Bertz CT molecular complexity index is 594. The molecule has 1 aliphatic rings. The van der Waals surface area contributed by atoms with Crippen molar-refractivity contribution < 1.29 is 9.84 Å². The summed E-state index contributed by atoms with van der Waals surface area (Å²) in [6.45, 7) is 1.43. The number of rotatable bonds is 3. The van der Waals surface area contributed by atoms with Crippen LogP contribution < -0.4 is 11.1 Å². The summed E-state index contributed by atoms with van der Waals surface area (Å²) in [6, 6.07) is 7.54. The number of hydrogen-bond acceptors (Lipinski definition) is 5. The quantitative estimate of drug-likeness (QED) is 0.726. The van der Waals surface area contributed by atoms with E-state index in [1.807, 2.05) is 24.3 Å². The van der Waals surface area contributed by atoms with Gasteiger partial charge in [0.15, 0.2) is 0 Å². The maximum Gasteiger partial charge on any atom is 0.107 e. The van der Waals surface area contributed by atoms with Gasteiger partial charge in [0.05, 0.1) is 17.8 Å². The van der Waals surface area contributed by atoms with Crippen molar-refractivity contribution in [2.24, 2.45) is 0 Å². The van der Waals surface area contributed by atoms with E-state index >= 15 is 0 Å². The van der Waals surface area contributed by atoms with Gasteiger partial charge in [-0.3, -0.25) is 4.98 Å². The summed E-state index contributed by atoms with van der Waals surface area (Å²) in [4.78, 5) is 4.35. The number of nitrogens with zero attached hydrogens (tertiary/aromatic N) is 1. The first-order valence-electron chi connectivity index (χ1n) is 6.35. The fourth-order valence-corrected chi connectivity index (χ4v) is 2.33. The summed E-state index contributed by atoms with van der Waals surface area (Å²) >= 11 is 0. The molecule has 2 aromatic rings. The number of nitrogens with one attached hydrogen (secondary N) is 1. The minimum atomic E-state index is -0.789. The van der Waals surface area contributed by atoms with Crippen LogP contribution in [0.25, 0.3) is 10.9 Å². The second-order valence-corrected chi connectivity index (χ2v) is 4.98. The number of fused-ring (bicyclic) bond motifs is 1. The molecule has 1 aromatic carbocycles. The molecule has 3 rings (SSSR count). The molecule has 4 N–H and O–H groups in total. The summed E-state index contributed by atoms with van der Waals surface area (Å²) in [5, 5.41) is 14.4. The number of anilines is 2. The smallest absolute Gasteiger partial charge is 0.107 e. The van der Waals surface area contributed by atoms with E-state index in [0.29, 0.717) is 31.9 Å². The first kappa shape index (κ1) is 12.2. The topological polar surface area (TPSA) is 80.4 Å². The highest BCUT2D eigenvalue weighted by molar-refractivity contribution is 5.98. The molecule has 0 radical (unpaired) electrons. The molecule has 2 heterocycles. The van der Waals surface area contributed by atoms with Crippen LogP contribution in [0, 0.1) is 0 Å². The fourth-order valence-electron chi connectivity index (χ4n) is 2.33. The molecule has 0 spiro atoms. The van der Waals surface area contributed by atoms with Crippen molar-refractivity contribution >= 4 is 22.3 Å². The van der Waals surface area contributed by atoms with Crippen LogP contribution >= 0.6 is 0 Å². The SMILES string of the molecule is Nc1ccc(NCC2(O)CCOC2)c2ncccc12. The summed E-state index contributed by atoms with van der Waals surface area (Å²) < 4.78 is 5.23. The van der Waals surface area contributed by atoms with E-state index in [0.717, 1.165) is 16.6 Å². The zero-order valence-corrected chi connectivity index (χ0v) is 10.6. The van der Waals surface area contributed by atoms with E-state index in [2.05, 4.69) is 10.3 Å². The molecule has 1 fully saturated rings. The molecule has 5 nitrogen and oxygen atoms in total. The Hall–Kier alpha value is -1.85. The normalized spacial score (nSPS) is 22.8. The largest absolute Gasteiger partial charge is 0.398 e. The molecule has 0 saturated carbocycles. The van der Waals surface area contributed by atoms with E-state index < -0.39 is 5.60 Å². The predicted molar refractivity (Wildman–Crippen MR) is 75.0 cm³/mol. The van der Waals surface area contributed by atoms with Gasteiger partial charge in [-0.2, -0.15) is 0 Å². The maximum atomic E-state index is 10.2. The van der Waals surface area contributed by atoms with E-state index in [1.54, 1.807) is 6.20 Å². The number of benzene rings is 1. The lowest BCUT2D eigenvalue weighted by Crippen LogP contribution is -2.37. The minimum absolute atomic E-state index is 0.375. The third kappa shape index (κ3) is 2.34. The van der Waals surface area contributed by atoms with E-state index in [9.17, 15) is 5.11 Å². The number of hydrogen-bond donors (Lipinski definition) is 3. The van der Waals surface area contributed by atoms with Gasteiger partial charge in [0.2, 0.25) is 0 Å². The van der Waals surface area contributed by atoms with E-state index in [-0.39, 0.29) is 0 Å². The van der Waals surface area contributed by atoms with Crippen LogP contribution in [0.2, 0.25) is 0 Å². The average Bonchev–Trinajstić information content (AvgIpc) is 2.86. The number of nitrogens with two attached hydrogens (primary N) is 1. The van der Waals surface area contributed by atoms with Crippen molar-refractivity contribution in [2.75, 3.05) is 30.8 Å². The first-order chi connectivity index (χ1) is 9.18. The highest BCUT2D eigenvalue weighted by atomic mass is 16.5. The monoisotopic (exact) mass is 259 g/mol. The molecule has 1 atom stereocenters. The highest BCUT2D eigenvalue weighted by Gasteiger charge is 2.32. The molecular weight excluding hydrogens is 242 g/mol. The fraction of sp³-hybridized carbons (Fsp3) is 0.357. The minimum Gasteiger partial charge on any atom is -0.398 e. The van der Waals surface area contributed by atoms with Gasteiger partial charge in [-0.25, -0.2) is 0 Å². The maximum absolute atomic E-state index is 10.2. The molecule has 1 aliphatic heterocycles. The van der Waals surface area contributed by atoms with Crippen LogP contribution in [-0.2, 0) is 4.74 Å². The number of aliphatic hydroxyl groups is 1. The van der Waals surface area contributed by atoms with Crippen molar-refractivity contribution in [3.63, 3.8) is 0 Å². The summed E-state index contributed by atoms with van der Waals surface area (Å²) in [5.74, 6) is 0. The van der Waals surface area contributed by atoms with Crippen LogP contribution in [0.3, 0.4) is 0 Å². The van der Waals surface area contributed by atoms with Crippen LogP contribution in [-0.4, -0.2) is 35.5 Å². The van der Waals surface area contributed by atoms with E-state index in [1.165, 1.54) is 0 Å². The standard InChI is InChI=1S/C14H17N3O2/c15-11-3-4-12(13-10(11)2-1-6-16-13)17-8-14(18)5-7-19-9-14/h1-4,6,17-18H,5,7-9,15H2. The van der Waals surface area contributed by atoms with Crippen LogP contribution in [0.4, 0.5) is 11.4 Å². The van der Waals surface area contributed by atoms with Gasteiger partial charge in [0, 0.05) is 36.8 Å². The Morgan fingerprint density at radius 1 is 1.42 bits per heavy atom. The third-order valence-electron chi connectivity index (χ3n) is 3.49. The Morgan fingerprint density at radius 3 is 3.11 bits per heavy atom. The van der Waals surface area contributed by atoms with Gasteiger partial charge in [0.1, 0.15) is 5.60 Å². The van der Waals surface area contributed by atoms with Gasteiger partial charge in [0.25, 0.3) is 0 Å². The summed E-state index contributed by atoms with van der Waals surface area (Å²) in [6.07, 6.45) is 2.39. The number of aromatic nitrogens is 1. The highest BCUT2D eigenvalue weighted by Crippen LogP contribution is 2.27. The summed E-state index contributed by atoms with van der Waals surface area (Å²) in [7, 11) is 0. The van der Waals surface area contributed by atoms with Gasteiger partial charge >= 0.3 is 0 Å². The predicted octanol–water partition coefficient (Wildman–Crippen LogP) is 1.38.